The molecule has 0 spiro atoms. The first-order valence-electron chi connectivity index (χ1n) is 9.72. The largest absolute Gasteiger partial charge is 0.496 e. The third kappa shape index (κ3) is 7.42. The molecule has 2 aromatic carbocycles. The van der Waals surface area contributed by atoms with E-state index < -0.39 is 11.8 Å². The Morgan fingerprint density at radius 3 is 2.14 bits per heavy atom. The van der Waals surface area contributed by atoms with Crippen molar-refractivity contribution in [1.29, 1.82) is 0 Å². The summed E-state index contributed by atoms with van der Waals surface area (Å²) in [5.41, 5.74) is 5.63. The molecule has 0 atom stereocenters. The molecule has 6 nitrogen and oxygen atoms in total. The molecule has 0 aromatic heterocycles. The van der Waals surface area contributed by atoms with E-state index in [2.05, 4.69) is 33.7 Å². The molecular formula is C22H27BrN2O4. The highest BCUT2D eigenvalue weighted by Gasteiger charge is 2.11. The molecule has 0 heterocycles. The van der Waals surface area contributed by atoms with Gasteiger partial charge in [-0.25, -0.2) is 0 Å². The van der Waals surface area contributed by atoms with E-state index in [1.165, 1.54) is 25.7 Å². The van der Waals surface area contributed by atoms with Crippen LogP contribution >= 0.6 is 15.9 Å². The lowest BCUT2D eigenvalue weighted by Crippen LogP contribution is -2.41. The van der Waals surface area contributed by atoms with Crippen LogP contribution in [0.25, 0.3) is 0 Å². The van der Waals surface area contributed by atoms with Gasteiger partial charge in [-0.1, -0.05) is 32.6 Å². The van der Waals surface area contributed by atoms with E-state index in [0.29, 0.717) is 28.0 Å². The maximum Gasteiger partial charge on any atom is 0.269 e. The van der Waals surface area contributed by atoms with Gasteiger partial charge in [-0.2, -0.15) is 0 Å². The average molecular weight is 463 g/mol. The van der Waals surface area contributed by atoms with Crippen LogP contribution in [0, 0.1) is 0 Å². The molecule has 2 amide bonds. The summed E-state index contributed by atoms with van der Waals surface area (Å²) in [6.07, 6.45) is 5.91. The van der Waals surface area contributed by atoms with Crippen molar-refractivity contribution < 1.29 is 19.1 Å². The fourth-order valence-corrected chi connectivity index (χ4v) is 3.20. The molecule has 0 aliphatic carbocycles. The Labute approximate surface area is 180 Å². The van der Waals surface area contributed by atoms with Gasteiger partial charge in [0.1, 0.15) is 11.5 Å². The minimum atomic E-state index is -0.426. The van der Waals surface area contributed by atoms with Crippen molar-refractivity contribution in [3.8, 4) is 11.5 Å². The zero-order valence-corrected chi connectivity index (χ0v) is 18.4. The third-order valence-corrected chi connectivity index (χ3v) is 4.96. The Kier molecular flexibility index (Phi) is 9.50. The lowest BCUT2D eigenvalue weighted by atomic mass is 10.2. The number of benzene rings is 2. The van der Waals surface area contributed by atoms with Gasteiger partial charge in [0.25, 0.3) is 11.8 Å². The number of ether oxygens (including phenoxy) is 2. The second-order valence-corrected chi connectivity index (χ2v) is 7.40. The van der Waals surface area contributed by atoms with Crippen LogP contribution in [-0.4, -0.2) is 25.5 Å². The molecule has 0 aliphatic rings. The summed E-state index contributed by atoms with van der Waals surface area (Å²) < 4.78 is 11.5. The van der Waals surface area contributed by atoms with Crippen LogP contribution in [0.15, 0.2) is 46.9 Å². The molecule has 0 saturated heterocycles. The molecule has 0 aliphatic heterocycles. The van der Waals surface area contributed by atoms with Gasteiger partial charge in [-0.3, -0.25) is 20.4 Å². The molecule has 0 saturated carbocycles. The van der Waals surface area contributed by atoms with Crippen molar-refractivity contribution in [2.24, 2.45) is 0 Å². The van der Waals surface area contributed by atoms with Crippen LogP contribution in [0.4, 0.5) is 0 Å². The van der Waals surface area contributed by atoms with E-state index >= 15 is 0 Å². The first kappa shape index (κ1) is 22.7. The number of hydrogen-bond acceptors (Lipinski definition) is 4. The number of methoxy groups -OCH3 is 1. The van der Waals surface area contributed by atoms with E-state index in [0.717, 1.165) is 12.2 Å². The molecule has 2 N–H and O–H groups in total. The molecule has 0 unspecified atom stereocenters. The van der Waals surface area contributed by atoms with Crippen molar-refractivity contribution in [2.75, 3.05) is 13.7 Å². The lowest BCUT2D eigenvalue weighted by molar-refractivity contribution is 0.0846. The lowest BCUT2D eigenvalue weighted by Gasteiger charge is -2.10. The molecule has 0 bridgehead atoms. The number of halogens is 1. The highest BCUT2D eigenvalue weighted by atomic mass is 79.9. The van der Waals surface area contributed by atoms with Crippen molar-refractivity contribution >= 4 is 27.7 Å². The van der Waals surface area contributed by atoms with E-state index in [1.54, 1.807) is 49.6 Å². The first-order chi connectivity index (χ1) is 14.0. The van der Waals surface area contributed by atoms with Gasteiger partial charge < -0.3 is 9.47 Å². The van der Waals surface area contributed by atoms with Crippen molar-refractivity contribution in [3.05, 3.63) is 58.1 Å². The van der Waals surface area contributed by atoms with Gasteiger partial charge in [-0.15, -0.1) is 0 Å². The quantitative estimate of drug-likeness (QED) is 0.389. The summed E-state index contributed by atoms with van der Waals surface area (Å²) in [7, 11) is 1.55. The highest BCUT2D eigenvalue weighted by molar-refractivity contribution is 9.10. The monoisotopic (exact) mass is 462 g/mol. The van der Waals surface area contributed by atoms with E-state index in [1.807, 2.05) is 0 Å². The average Bonchev–Trinajstić information content (AvgIpc) is 2.74. The minimum absolute atomic E-state index is 0.389. The zero-order valence-electron chi connectivity index (χ0n) is 16.8. The summed E-state index contributed by atoms with van der Waals surface area (Å²) in [4.78, 5) is 24.4. The SMILES string of the molecule is CCCCCCCOc1ccc(C(=O)NNC(=O)c2ccc(OC)c(Br)c2)cc1. The first-order valence-corrected chi connectivity index (χ1v) is 10.5. The third-order valence-electron chi connectivity index (χ3n) is 4.34. The van der Waals surface area contributed by atoms with Gasteiger partial charge in [0, 0.05) is 11.1 Å². The molecular weight excluding hydrogens is 436 g/mol. The van der Waals surface area contributed by atoms with E-state index in [4.69, 9.17) is 9.47 Å². The normalized spacial score (nSPS) is 10.3. The fraction of sp³-hybridized carbons (Fsp3) is 0.364. The smallest absolute Gasteiger partial charge is 0.269 e. The van der Waals surface area contributed by atoms with Crippen LogP contribution in [0.2, 0.25) is 0 Å². The molecule has 29 heavy (non-hydrogen) atoms. The van der Waals surface area contributed by atoms with Gasteiger partial charge >= 0.3 is 0 Å². The molecule has 0 radical (unpaired) electrons. The number of carbonyl (C=O) groups is 2. The minimum Gasteiger partial charge on any atom is -0.496 e. The maximum absolute atomic E-state index is 12.2. The van der Waals surface area contributed by atoms with Gasteiger partial charge in [0.15, 0.2) is 0 Å². The molecule has 0 fully saturated rings. The Hall–Kier alpha value is -2.54. The predicted octanol–water partition coefficient (Wildman–Crippen LogP) is 4.88. The molecule has 7 heteroatoms. The number of rotatable bonds is 10. The van der Waals surface area contributed by atoms with Crippen molar-refractivity contribution in [3.63, 3.8) is 0 Å². The zero-order chi connectivity index (χ0) is 21.1. The summed E-state index contributed by atoms with van der Waals surface area (Å²) >= 11 is 3.33. The van der Waals surface area contributed by atoms with E-state index in [9.17, 15) is 9.59 Å². The number of hydrazine groups is 1. The van der Waals surface area contributed by atoms with Gasteiger partial charge in [0.2, 0.25) is 0 Å². The topological polar surface area (TPSA) is 76.7 Å². The summed E-state index contributed by atoms with van der Waals surface area (Å²) in [5.74, 6) is 0.514. The molecule has 156 valence electrons. The Bertz CT molecular complexity index is 809. The maximum atomic E-state index is 12.2. The number of nitrogens with one attached hydrogen (secondary N) is 2. The molecule has 2 rings (SSSR count). The van der Waals surface area contributed by atoms with Crippen LogP contribution in [0.5, 0.6) is 11.5 Å². The van der Waals surface area contributed by atoms with Gasteiger partial charge in [-0.05, 0) is 64.8 Å². The summed E-state index contributed by atoms with van der Waals surface area (Å²) in [6.45, 7) is 2.86. The second kappa shape index (κ2) is 12.1. The van der Waals surface area contributed by atoms with Crippen molar-refractivity contribution in [1.82, 2.24) is 10.9 Å². The second-order valence-electron chi connectivity index (χ2n) is 6.54. The van der Waals surface area contributed by atoms with Crippen LogP contribution < -0.4 is 20.3 Å². The number of carbonyl (C=O) groups excluding carboxylic acids is 2. The summed E-state index contributed by atoms with van der Waals surface area (Å²) in [5, 5.41) is 0. The predicted molar refractivity (Wildman–Crippen MR) is 116 cm³/mol. The Balaban J connectivity index is 1.78. The standard InChI is InChI=1S/C22H27BrN2O4/c1-3-4-5-6-7-14-29-18-11-8-16(9-12-18)21(26)24-25-22(27)17-10-13-20(28-2)19(23)15-17/h8-13,15H,3-7,14H2,1-2H3,(H,24,26)(H,25,27). The van der Waals surface area contributed by atoms with Crippen LogP contribution in [0.1, 0.15) is 59.7 Å². The Morgan fingerprint density at radius 2 is 1.52 bits per heavy atom. The summed E-state index contributed by atoms with van der Waals surface area (Å²) in [6, 6.07) is 11.7. The van der Waals surface area contributed by atoms with Crippen LogP contribution in [-0.2, 0) is 0 Å². The number of amides is 2. The highest BCUT2D eigenvalue weighted by Crippen LogP contribution is 2.25. The van der Waals surface area contributed by atoms with E-state index in [-0.39, 0.29) is 0 Å². The number of hydrogen-bond donors (Lipinski definition) is 2. The van der Waals surface area contributed by atoms with Gasteiger partial charge in [0.05, 0.1) is 18.2 Å². The molecule has 2 aromatic rings. The Morgan fingerprint density at radius 1 is 0.897 bits per heavy atom. The van der Waals surface area contributed by atoms with Crippen LogP contribution in [0.3, 0.4) is 0 Å². The number of unbranched alkanes of at least 4 members (excludes halogenated alkanes) is 4. The fourth-order valence-electron chi connectivity index (χ4n) is 2.66. The van der Waals surface area contributed by atoms with Crippen molar-refractivity contribution in [2.45, 2.75) is 39.0 Å².